The van der Waals surface area contributed by atoms with Crippen LogP contribution < -0.4 is 0 Å². The van der Waals surface area contributed by atoms with E-state index >= 15 is 0 Å². The van der Waals surface area contributed by atoms with Crippen LogP contribution in [0.15, 0.2) is 40.4 Å². The van der Waals surface area contributed by atoms with Crippen LogP contribution in [0.1, 0.15) is 23.6 Å². The first-order valence-electron chi connectivity index (χ1n) is 6.96. The standard InChI is InChI=1S/C16H18N2O3S/c1-4-21-10-13-8-17-9-15(18(19)20)16(13)22-14-6-11(2)5-12(3)7-14/h5-9H,4,10H2,1-3H3. The Bertz CT molecular complexity index is 669. The van der Waals surface area contributed by atoms with Crippen LogP contribution in [-0.2, 0) is 11.3 Å². The van der Waals surface area contributed by atoms with Gasteiger partial charge in [-0.25, -0.2) is 0 Å². The Balaban J connectivity index is 2.44. The van der Waals surface area contributed by atoms with E-state index in [0.717, 1.165) is 21.6 Å². The van der Waals surface area contributed by atoms with Gasteiger partial charge in [0, 0.05) is 23.3 Å². The van der Waals surface area contributed by atoms with Gasteiger partial charge in [-0.1, -0.05) is 17.8 Å². The van der Waals surface area contributed by atoms with E-state index in [1.165, 1.54) is 18.0 Å². The molecule has 0 saturated heterocycles. The molecule has 6 heteroatoms. The summed E-state index contributed by atoms with van der Waals surface area (Å²) in [7, 11) is 0. The molecular formula is C16H18N2O3S. The number of ether oxygens (including phenoxy) is 1. The van der Waals surface area contributed by atoms with Crippen molar-refractivity contribution in [3.05, 3.63) is 57.4 Å². The van der Waals surface area contributed by atoms with Gasteiger partial charge in [-0.2, -0.15) is 0 Å². The van der Waals surface area contributed by atoms with Crippen LogP contribution in [-0.4, -0.2) is 16.5 Å². The van der Waals surface area contributed by atoms with Crippen molar-refractivity contribution < 1.29 is 9.66 Å². The predicted molar refractivity (Wildman–Crippen MR) is 86.3 cm³/mol. The highest BCUT2D eigenvalue weighted by molar-refractivity contribution is 7.99. The number of aryl methyl sites for hydroxylation is 2. The van der Waals surface area contributed by atoms with Gasteiger partial charge in [0.25, 0.3) is 0 Å². The Labute approximate surface area is 133 Å². The fourth-order valence-electron chi connectivity index (χ4n) is 2.15. The van der Waals surface area contributed by atoms with Crippen molar-refractivity contribution in [1.82, 2.24) is 4.98 Å². The van der Waals surface area contributed by atoms with Gasteiger partial charge in [0.1, 0.15) is 6.20 Å². The van der Waals surface area contributed by atoms with Crippen LogP contribution in [0.4, 0.5) is 5.69 Å². The highest BCUT2D eigenvalue weighted by Gasteiger charge is 2.20. The number of hydrogen-bond acceptors (Lipinski definition) is 5. The second-order valence-corrected chi connectivity index (χ2v) is 6.05. The first kappa shape index (κ1) is 16.5. The van der Waals surface area contributed by atoms with E-state index in [1.807, 2.05) is 32.9 Å². The van der Waals surface area contributed by atoms with Gasteiger partial charge in [0.15, 0.2) is 0 Å². The summed E-state index contributed by atoms with van der Waals surface area (Å²) in [6.07, 6.45) is 2.92. The van der Waals surface area contributed by atoms with Crippen molar-refractivity contribution in [2.75, 3.05) is 6.61 Å². The van der Waals surface area contributed by atoms with Crippen LogP contribution in [0.2, 0.25) is 0 Å². The van der Waals surface area contributed by atoms with E-state index in [-0.39, 0.29) is 5.69 Å². The molecule has 2 aromatic rings. The van der Waals surface area contributed by atoms with Crippen LogP contribution in [0.5, 0.6) is 0 Å². The predicted octanol–water partition coefficient (Wildman–Crippen LogP) is 4.29. The zero-order valence-corrected chi connectivity index (χ0v) is 13.6. The normalized spacial score (nSPS) is 10.7. The molecule has 1 aromatic heterocycles. The third kappa shape index (κ3) is 4.05. The lowest BCUT2D eigenvalue weighted by molar-refractivity contribution is -0.388. The second-order valence-electron chi connectivity index (χ2n) is 4.97. The lowest BCUT2D eigenvalue weighted by Gasteiger charge is -2.10. The van der Waals surface area contributed by atoms with Crippen molar-refractivity contribution in [3.8, 4) is 0 Å². The summed E-state index contributed by atoms with van der Waals surface area (Å²) in [6.45, 7) is 6.79. The number of aromatic nitrogens is 1. The number of benzene rings is 1. The van der Waals surface area contributed by atoms with Crippen LogP contribution in [0.3, 0.4) is 0 Å². The fourth-order valence-corrected chi connectivity index (χ4v) is 3.35. The number of nitro groups is 1. The molecule has 0 bridgehead atoms. The molecule has 22 heavy (non-hydrogen) atoms. The molecule has 0 saturated carbocycles. The quantitative estimate of drug-likeness (QED) is 0.587. The first-order valence-corrected chi connectivity index (χ1v) is 7.78. The number of hydrogen-bond donors (Lipinski definition) is 0. The third-order valence-corrected chi connectivity index (χ3v) is 4.17. The molecule has 116 valence electrons. The minimum Gasteiger partial charge on any atom is -0.377 e. The molecule has 0 aliphatic carbocycles. The van der Waals surface area contributed by atoms with Crippen molar-refractivity contribution in [3.63, 3.8) is 0 Å². The summed E-state index contributed by atoms with van der Waals surface area (Å²) >= 11 is 1.39. The van der Waals surface area contributed by atoms with E-state index < -0.39 is 4.92 Å². The molecule has 0 amide bonds. The molecule has 5 nitrogen and oxygen atoms in total. The summed E-state index contributed by atoms with van der Waals surface area (Å²) in [4.78, 5) is 16.4. The SMILES string of the molecule is CCOCc1cncc([N+](=O)[O-])c1Sc1cc(C)cc(C)c1. The Hall–Kier alpha value is -1.92. The van der Waals surface area contributed by atoms with Gasteiger partial charge >= 0.3 is 5.69 Å². The largest absolute Gasteiger partial charge is 0.377 e. The van der Waals surface area contributed by atoms with E-state index in [9.17, 15) is 10.1 Å². The van der Waals surface area contributed by atoms with E-state index in [0.29, 0.717) is 18.1 Å². The van der Waals surface area contributed by atoms with Crippen LogP contribution >= 0.6 is 11.8 Å². The molecule has 1 aromatic carbocycles. The maximum absolute atomic E-state index is 11.3. The molecule has 0 N–H and O–H groups in total. The van der Waals surface area contributed by atoms with Gasteiger partial charge in [0.2, 0.25) is 0 Å². The van der Waals surface area contributed by atoms with Gasteiger partial charge in [-0.15, -0.1) is 0 Å². The van der Waals surface area contributed by atoms with Crippen molar-refractivity contribution in [1.29, 1.82) is 0 Å². The van der Waals surface area contributed by atoms with Gasteiger partial charge in [-0.05, 0) is 44.0 Å². The molecule has 0 unspecified atom stereocenters. The topological polar surface area (TPSA) is 65.3 Å². The van der Waals surface area contributed by atoms with Crippen molar-refractivity contribution in [2.24, 2.45) is 0 Å². The minimum atomic E-state index is -0.395. The summed E-state index contributed by atoms with van der Waals surface area (Å²) in [5.74, 6) is 0. The first-order chi connectivity index (χ1) is 10.5. The summed E-state index contributed by atoms with van der Waals surface area (Å²) in [5.41, 5.74) is 3.01. The highest BCUT2D eigenvalue weighted by atomic mass is 32.2. The monoisotopic (exact) mass is 318 g/mol. The van der Waals surface area contributed by atoms with E-state index in [2.05, 4.69) is 11.1 Å². The van der Waals surface area contributed by atoms with Gasteiger partial charge in [-0.3, -0.25) is 15.1 Å². The zero-order valence-electron chi connectivity index (χ0n) is 12.8. The Kier molecular flexibility index (Phi) is 5.51. The summed E-state index contributed by atoms with van der Waals surface area (Å²) in [6, 6.07) is 6.12. The maximum atomic E-state index is 11.3. The molecule has 0 atom stereocenters. The van der Waals surface area contributed by atoms with Gasteiger partial charge < -0.3 is 4.74 Å². The smallest absolute Gasteiger partial charge is 0.301 e. The maximum Gasteiger partial charge on any atom is 0.301 e. The van der Waals surface area contributed by atoms with Crippen LogP contribution in [0, 0.1) is 24.0 Å². The summed E-state index contributed by atoms with van der Waals surface area (Å²) in [5, 5.41) is 11.3. The van der Waals surface area contributed by atoms with E-state index in [4.69, 9.17) is 4.74 Å². The molecule has 0 aliphatic rings. The Morgan fingerprint density at radius 2 is 1.91 bits per heavy atom. The molecule has 0 fully saturated rings. The molecule has 0 spiro atoms. The molecule has 0 radical (unpaired) electrons. The van der Waals surface area contributed by atoms with E-state index in [1.54, 1.807) is 6.20 Å². The fraction of sp³-hybridized carbons (Fsp3) is 0.312. The molecule has 0 aliphatic heterocycles. The Morgan fingerprint density at radius 1 is 1.23 bits per heavy atom. The highest BCUT2D eigenvalue weighted by Crippen LogP contribution is 2.37. The lowest BCUT2D eigenvalue weighted by atomic mass is 10.2. The summed E-state index contributed by atoms with van der Waals surface area (Å²) < 4.78 is 5.40. The average Bonchev–Trinajstić information content (AvgIpc) is 2.44. The van der Waals surface area contributed by atoms with Crippen molar-refractivity contribution in [2.45, 2.75) is 37.2 Å². The third-order valence-electron chi connectivity index (χ3n) is 3.02. The average molecular weight is 318 g/mol. The lowest BCUT2D eigenvalue weighted by Crippen LogP contribution is -2.00. The Morgan fingerprint density at radius 3 is 2.50 bits per heavy atom. The molecule has 2 rings (SSSR count). The van der Waals surface area contributed by atoms with Crippen molar-refractivity contribution >= 4 is 17.4 Å². The molecule has 1 heterocycles. The zero-order chi connectivity index (χ0) is 16.1. The van der Waals surface area contributed by atoms with Gasteiger partial charge in [0.05, 0.1) is 16.4 Å². The number of pyridine rings is 1. The van der Waals surface area contributed by atoms with Crippen LogP contribution in [0.25, 0.3) is 0 Å². The minimum absolute atomic E-state index is 0.0152. The second kappa shape index (κ2) is 7.38. The number of rotatable bonds is 6. The number of nitrogens with zero attached hydrogens (tertiary/aromatic N) is 2. The molecular weight excluding hydrogens is 300 g/mol.